The predicted octanol–water partition coefficient (Wildman–Crippen LogP) is 2.17. The van der Waals surface area contributed by atoms with Crippen LogP contribution in [0.3, 0.4) is 0 Å². The van der Waals surface area contributed by atoms with Gasteiger partial charge in [-0.3, -0.25) is 0 Å². The highest BCUT2D eigenvalue weighted by molar-refractivity contribution is 7.10. The summed E-state index contributed by atoms with van der Waals surface area (Å²) in [6.45, 7) is 0.544. The average Bonchev–Trinajstić information content (AvgIpc) is 2.83. The van der Waals surface area contributed by atoms with Gasteiger partial charge in [-0.15, -0.1) is 11.3 Å². The number of hydrogen-bond donors (Lipinski definition) is 2. The van der Waals surface area contributed by atoms with Gasteiger partial charge < -0.3 is 10.8 Å². The van der Waals surface area contributed by atoms with Gasteiger partial charge >= 0.3 is 0 Å². The third kappa shape index (κ3) is 1.50. The van der Waals surface area contributed by atoms with E-state index in [2.05, 4.69) is 0 Å². The van der Waals surface area contributed by atoms with Crippen LogP contribution in [-0.2, 0) is 0 Å². The average molecular weight is 218 g/mol. The minimum Gasteiger partial charge on any atom is -0.387 e. The second kappa shape index (κ2) is 3.24. The van der Waals surface area contributed by atoms with E-state index in [1.165, 1.54) is 11.3 Å². The Morgan fingerprint density at radius 3 is 2.77 bits per heavy atom. The van der Waals surface area contributed by atoms with E-state index in [4.69, 9.17) is 17.3 Å². The summed E-state index contributed by atoms with van der Waals surface area (Å²) in [6, 6.07) is 1.82. The minimum atomic E-state index is -0.468. The van der Waals surface area contributed by atoms with Gasteiger partial charge in [0.2, 0.25) is 0 Å². The Bertz CT molecular complexity index is 308. The highest BCUT2D eigenvalue weighted by Crippen LogP contribution is 2.55. The van der Waals surface area contributed by atoms with Crippen LogP contribution in [0.5, 0.6) is 0 Å². The first-order valence-electron chi connectivity index (χ1n) is 4.31. The molecule has 1 fully saturated rings. The zero-order valence-corrected chi connectivity index (χ0v) is 8.74. The van der Waals surface area contributed by atoms with E-state index >= 15 is 0 Å². The molecule has 1 saturated carbocycles. The zero-order valence-electron chi connectivity index (χ0n) is 7.16. The molecule has 2 nitrogen and oxygen atoms in total. The Labute approximate surface area is 86.3 Å². The van der Waals surface area contributed by atoms with Gasteiger partial charge in [0.15, 0.2) is 0 Å². The zero-order chi connectivity index (χ0) is 9.47. The highest BCUT2D eigenvalue weighted by atomic mass is 35.5. The quantitative estimate of drug-likeness (QED) is 0.815. The highest BCUT2D eigenvalue weighted by Gasteiger charge is 2.49. The van der Waals surface area contributed by atoms with Crippen LogP contribution in [0.15, 0.2) is 11.4 Å². The molecule has 1 aliphatic rings. The second-order valence-electron chi connectivity index (χ2n) is 3.60. The summed E-state index contributed by atoms with van der Waals surface area (Å²) in [5, 5.41) is 12.6. The first kappa shape index (κ1) is 9.46. The molecule has 0 aliphatic heterocycles. The van der Waals surface area contributed by atoms with Crippen molar-refractivity contribution < 1.29 is 5.11 Å². The molecule has 3 N–H and O–H groups in total. The molecule has 0 bridgehead atoms. The van der Waals surface area contributed by atoms with Crippen molar-refractivity contribution in [2.75, 3.05) is 6.54 Å². The smallest absolute Gasteiger partial charge is 0.0964 e. The van der Waals surface area contributed by atoms with Crippen LogP contribution >= 0.6 is 22.9 Å². The van der Waals surface area contributed by atoms with Crippen LogP contribution in [0.25, 0.3) is 0 Å². The van der Waals surface area contributed by atoms with E-state index in [0.717, 1.165) is 17.7 Å². The fraction of sp³-hybridized carbons (Fsp3) is 0.556. The lowest BCUT2D eigenvalue weighted by Gasteiger charge is -2.19. The summed E-state index contributed by atoms with van der Waals surface area (Å²) in [5.74, 6) is 0. The molecule has 72 valence electrons. The van der Waals surface area contributed by atoms with Crippen molar-refractivity contribution in [1.29, 1.82) is 0 Å². The Kier molecular flexibility index (Phi) is 2.36. The SMILES string of the molecule is NCC1(C(O)c2sccc2Cl)CC1. The standard InChI is InChI=1S/C9H12ClNOS/c10-6-1-4-13-7(6)8(12)9(5-11)2-3-9/h1,4,8,12H,2-3,5,11H2. The van der Waals surface area contributed by atoms with Crippen molar-refractivity contribution in [2.24, 2.45) is 11.1 Å². The normalized spacial score (nSPS) is 21.5. The molecule has 0 amide bonds. The molecule has 0 saturated heterocycles. The second-order valence-corrected chi connectivity index (χ2v) is 4.96. The number of aliphatic hydroxyl groups excluding tert-OH is 1. The van der Waals surface area contributed by atoms with E-state index in [-0.39, 0.29) is 5.41 Å². The molecule has 4 heteroatoms. The van der Waals surface area contributed by atoms with Crippen molar-refractivity contribution in [3.8, 4) is 0 Å². The molecule has 1 aromatic heterocycles. The summed E-state index contributed by atoms with van der Waals surface area (Å²) in [5.41, 5.74) is 5.55. The van der Waals surface area contributed by atoms with E-state index in [1.807, 2.05) is 11.4 Å². The van der Waals surface area contributed by atoms with Gasteiger partial charge in [0.25, 0.3) is 0 Å². The van der Waals surface area contributed by atoms with Gasteiger partial charge in [-0.2, -0.15) is 0 Å². The molecule has 1 heterocycles. The van der Waals surface area contributed by atoms with Gasteiger partial charge in [0.05, 0.1) is 16.0 Å². The third-order valence-electron chi connectivity index (χ3n) is 2.77. The molecule has 0 radical (unpaired) electrons. The molecule has 2 rings (SSSR count). The molecule has 1 atom stereocenters. The van der Waals surface area contributed by atoms with Crippen molar-refractivity contribution in [1.82, 2.24) is 0 Å². The summed E-state index contributed by atoms with van der Waals surface area (Å²) in [7, 11) is 0. The Morgan fingerprint density at radius 2 is 2.38 bits per heavy atom. The van der Waals surface area contributed by atoms with Crippen LogP contribution in [0.2, 0.25) is 5.02 Å². The molecule has 1 aliphatic carbocycles. The lowest BCUT2D eigenvalue weighted by molar-refractivity contribution is 0.101. The summed E-state index contributed by atoms with van der Waals surface area (Å²) in [4.78, 5) is 0.865. The van der Waals surface area contributed by atoms with Gasteiger partial charge in [-0.1, -0.05) is 11.6 Å². The van der Waals surface area contributed by atoms with E-state index in [9.17, 15) is 5.11 Å². The van der Waals surface area contributed by atoms with Crippen LogP contribution in [-0.4, -0.2) is 11.7 Å². The fourth-order valence-corrected chi connectivity index (χ4v) is 2.81. The van der Waals surface area contributed by atoms with Crippen LogP contribution in [0.1, 0.15) is 23.8 Å². The van der Waals surface area contributed by atoms with Gasteiger partial charge in [-0.25, -0.2) is 0 Å². The number of rotatable bonds is 3. The number of thiophene rings is 1. The molecular weight excluding hydrogens is 206 g/mol. The minimum absolute atomic E-state index is 0.0749. The Hall–Kier alpha value is -0.0900. The maximum absolute atomic E-state index is 10.0. The predicted molar refractivity (Wildman–Crippen MR) is 55.0 cm³/mol. The van der Waals surface area contributed by atoms with Gasteiger partial charge in [0, 0.05) is 12.0 Å². The van der Waals surface area contributed by atoms with E-state index in [1.54, 1.807) is 0 Å². The number of aliphatic hydroxyl groups is 1. The first-order valence-corrected chi connectivity index (χ1v) is 5.56. The van der Waals surface area contributed by atoms with Crippen molar-refractivity contribution in [3.63, 3.8) is 0 Å². The van der Waals surface area contributed by atoms with Crippen LogP contribution in [0, 0.1) is 5.41 Å². The maximum Gasteiger partial charge on any atom is 0.0964 e. The number of hydrogen-bond acceptors (Lipinski definition) is 3. The van der Waals surface area contributed by atoms with Gasteiger partial charge in [-0.05, 0) is 24.3 Å². The van der Waals surface area contributed by atoms with Crippen molar-refractivity contribution in [2.45, 2.75) is 18.9 Å². The lowest BCUT2D eigenvalue weighted by atomic mass is 9.98. The number of nitrogens with two attached hydrogens (primary N) is 1. The van der Waals surface area contributed by atoms with E-state index < -0.39 is 6.10 Å². The third-order valence-corrected chi connectivity index (χ3v) is 4.18. The Morgan fingerprint density at radius 1 is 1.69 bits per heavy atom. The molecule has 13 heavy (non-hydrogen) atoms. The summed E-state index contributed by atoms with van der Waals surface area (Å²) in [6.07, 6.45) is 1.56. The van der Waals surface area contributed by atoms with Crippen LogP contribution in [0.4, 0.5) is 0 Å². The van der Waals surface area contributed by atoms with Crippen molar-refractivity contribution >= 4 is 22.9 Å². The van der Waals surface area contributed by atoms with E-state index in [0.29, 0.717) is 11.6 Å². The molecule has 1 aromatic rings. The summed E-state index contributed by atoms with van der Waals surface area (Å²) >= 11 is 7.44. The molecular formula is C9H12ClNOS. The lowest BCUT2D eigenvalue weighted by Crippen LogP contribution is -2.22. The summed E-state index contributed by atoms with van der Waals surface area (Å²) < 4.78 is 0. The largest absolute Gasteiger partial charge is 0.387 e. The fourth-order valence-electron chi connectivity index (χ4n) is 1.53. The molecule has 1 unspecified atom stereocenters. The van der Waals surface area contributed by atoms with Gasteiger partial charge in [0.1, 0.15) is 0 Å². The maximum atomic E-state index is 10.0. The van der Waals surface area contributed by atoms with Crippen molar-refractivity contribution in [3.05, 3.63) is 21.3 Å². The van der Waals surface area contributed by atoms with Crippen LogP contribution < -0.4 is 5.73 Å². The number of halogens is 1. The monoisotopic (exact) mass is 217 g/mol. The topological polar surface area (TPSA) is 46.2 Å². The molecule has 0 spiro atoms. The Balaban J connectivity index is 2.22. The molecule has 0 aromatic carbocycles. The first-order chi connectivity index (χ1) is 6.19.